The molecule has 0 heterocycles. The molecule has 0 aromatic heterocycles. The van der Waals surface area contributed by atoms with E-state index in [1.807, 2.05) is 26.0 Å². The minimum absolute atomic E-state index is 0.231. The molecule has 0 bridgehead atoms. The molecule has 9 heteroatoms. The lowest BCUT2D eigenvalue weighted by atomic mass is 10.0. The Morgan fingerprint density at radius 3 is 2.11 bits per heavy atom. The molecule has 6 nitrogen and oxygen atoms in total. The van der Waals surface area contributed by atoms with E-state index in [2.05, 4.69) is 42.7 Å². The maximum absolute atomic E-state index is 11.9. The molecule has 0 aliphatic heterocycles. The molecule has 2 N–H and O–H groups in total. The summed E-state index contributed by atoms with van der Waals surface area (Å²) in [6.45, 7) is 3.57. The number of benzene rings is 2. The zero-order valence-corrected chi connectivity index (χ0v) is 19.2. The number of hydrogen-bond acceptors (Lipinski definition) is 4. The van der Waals surface area contributed by atoms with Gasteiger partial charge in [-0.05, 0) is 63.8 Å². The number of halogens is 3. The van der Waals surface area contributed by atoms with Gasteiger partial charge in [0.25, 0.3) is 11.8 Å². The predicted octanol–water partition coefficient (Wildman–Crippen LogP) is 4.59. The molecule has 0 spiro atoms. The van der Waals surface area contributed by atoms with Crippen LogP contribution in [0.5, 0.6) is 11.5 Å². The van der Waals surface area contributed by atoms with Gasteiger partial charge in [-0.15, -0.1) is 0 Å². The van der Waals surface area contributed by atoms with Gasteiger partial charge in [0.05, 0.1) is 4.47 Å². The molecule has 0 fully saturated rings. The first-order chi connectivity index (χ1) is 13.3. The van der Waals surface area contributed by atoms with Crippen LogP contribution in [0.3, 0.4) is 0 Å². The van der Waals surface area contributed by atoms with E-state index in [4.69, 9.17) is 21.1 Å². The van der Waals surface area contributed by atoms with E-state index in [-0.39, 0.29) is 19.1 Å². The fraction of sp³-hybridized carbons (Fsp3) is 0.263. The molecule has 0 unspecified atom stereocenters. The Balaban J connectivity index is 1.77. The van der Waals surface area contributed by atoms with Crippen molar-refractivity contribution < 1.29 is 19.1 Å². The van der Waals surface area contributed by atoms with E-state index in [0.29, 0.717) is 21.0 Å². The van der Waals surface area contributed by atoms with E-state index in [0.717, 1.165) is 10.0 Å². The van der Waals surface area contributed by atoms with Crippen molar-refractivity contribution in [3.05, 3.63) is 55.9 Å². The van der Waals surface area contributed by atoms with Crippen molar-refractivity contribution in [2.75, 3.05) is 13.2 Å². The standard InChI is InChI=1S/C19H19Br2ClN2O4/c1-11(2)14-7-12(20)3-5-16(14)27-9-18(25)23-24-19(26)10-28-17-6-4-13(22)8-15(17)21/h3-8,11H,9-10H2,1-2H3,(H,23,25)(H,24,26). The van der Waals surface area contributed by atoms with E-state index in [1.165, 1.54) is 0 Å². The molecule has 0 saturated heterocycles. The van der Waals surface area contributed by atoms with Crippen molar-refractivity contribution in [1.82, 2.24) is 10.9 Å². The van der Waals surface area contributed by atoms with Crippen molar-refractivity contribution in [2.45, 2.75) is 19.8 Å². The van der Waals surface area contributed by atoms with Gasteiger partial charge >= 0.3 is 0 Å². The minimum Gasteiger partial charge on any atom is -0.483 e. The van der Waals surface area contributed by atoms with Crippen LogP contribution in [0.1, 0.15) is 25.3 Å². The van der Waals surface area contributed by atoms with Crippen LogP contribution in [0, 0.1) is 0 Å². The van der Waals surface area contributed by atoms with Gasteiger partial charge in [0.1, 0.15) is 11.5 Å². The SMILES string of the molecule is CC(C)c1cc(Br)ccc1OCC(=O)NNC(=O)COc1ccc(Cl)cc1Br. The van der Waals surface area contributed by atoms with Gasteiger partial charge in [-0.25, -0.2) is 0 Å². The zero-order valence-electron chi connectivity index (χ0n) is 15.2. The third kappa shape index (κ3) is 7.00. The average molecular weight is 535 g/mol. The molecule has 150 valence electrons. The zero-order chi connectivity index (χ0) is 20.7. The van der Waals surface area contributed by atoms with Crippen molar-refractivity contribution in [1.29, 1.82) is 0 Å². The molecule has 2 aromatic carbocycles. The molecular formula is C19H19Br2ClN2O4. The molecule has 0 aliphatic rings. The Hall–Kier alpha value is -1.77. The van der Waals surface area contributed by atoms with Crippen LogP contribution >= 0.6 is 43.5 Å². The number of hydrazine groups is 1. The second kappa shape index (κ2) is 10.7. The number of carbonyl (C=O) groups excluding carboxylic acids is 2. The topological polar surface area (TPSA) is 76.7 Å². The van der Waals surface area contributed by atoms with Crippen molar-refractivity contribution in [2.24, 2.45) is 0 Å². The molecule has 2 rings (SSSR count). The first-order valence-electron chi connectivity index (χ1n) is 8.34. The quantitative estimate of drug-likeness (QED) is 0.510. The average Bonchev–Trinajstić information content (AvgIpc) is 2.64. The van der Waals surface area contributed by atoms with Gasteiger partial charge in [-0.2, -0.15) is 0 Å². The number of amides is 2. The van der Waals surface area contributed by atoms with Gasteiger partial charge < -0.3 is 9.47 Å². The molecule has 0 saturated carbocycles. The Morgan fingerprint density at radius 2 is 1.54 bits per heavy atom. The summed E-state index contributed by atoms with van der Waals surface area (Å²) in [5.41, 5.74) is 5.54. The molecule has 2 amide bonds. The van der Waals surface area contributed by atoms with E-state index in [1.54, 1.807) is 24.3 Å². The van der Waals surface area contributed by atoms with Gasteiger partial charge in [-0.1, -0.05) is 41.4 Å². The lowest BCUT2D eigenvalue weighted by Gasteiger charge is -2.14. The van der Waals surface area contributed by atoms with Crippen LogP contribution in [0.15, 0.2) is 45.3 Å². The molecule has 0 atom stereocenters. The maximum Gasteiger partial charge on any atom is 0.276 e. The van der Waals surface area contributed by atoms with Crippen LogP contribution in [0.2, 0.25) is 5.02 Å². The highest BCUT2D eigenvalue weighted by molar-refractivity contribution is 9.10. The van der Waals surface area contributed by atoms with Crippen LogP contribution in [0.4, 0.5) is 0 Å². The Labute approximate surface area is 185 Å². The summed E-state index contributed by atoms with van der Waals surface area (Å²) in [5, 5.41) is 0.544. The Morgan fingerprint density at radius 1 is 0.964 bits per heavy atom. The van der Waals surface area contributed by atoms with Crippen molar-refractivity contribution in [3.63, 3.8) is 0 Å². The summed E-state index contributed by atoms with van der Waals surface area (Å²) in [7, 11) is 0. The minimum atomic E-state index is -0.512. The van der Waals surface area contributed by atoms with Gasteiger partial charge in [0.15, 0.2) is 13.2 Å². The fourth-order valence-corrected chi connectivity index (χ4v) is 3.37. The monoisotopic (exact) mass is 532 g/mol. The summed E-state index contributed by atoms with van der Waals surface area (Å²) < 4.78 is 12.5. The summed E-state index contributed by atoms with van der Waals surface area (Å²) >= 11 is 12.6. The third-order valence-electron chi connectivity index (χ3n) is 3.55. The van der Waals surface area contributed by atoms with Crippen molar-refractivity contribution in [3.8, 4) is 11.5 Å². The summed E-state index contributed by atoms with van der Waals surface area (Å²) in [6.07, 6.45) is 0. The number of carbonyl (C=O) groups is 2. The Kier molecular flexibility index (Phi) is 8.59. The molecule has 0 radical (unpaired) electrons. The number of rotatable bonds is 7. The van der Waals surface area contributed by atoms with E-state index in [9.17, 15) is 9.59 Å². The van der Waals surface area contributed by atoms with Crippen LogP contribution in [-0.2, 0) is 9.59 Å². The second-order valence-corrected chi connectivity index (χ2v) is 8.29. The van der Waals surface area contributed by atoms with Crippen LogP contribution < -0.4 is 20.3 Å². The fourth-order valence-electron chi connectivity index (χ4n) is 2.19. The van der Waals surface area contributed by atoms with Gasteiger partial charge in [0.2, 0.25) is 0 Å². The summed E-state index contributed by atoms with van der Waals surface area (Å²) in [5.74, 6) is 0.321. The smallest absolute Gasteiger partial charge is 0.276 e. The molecule has 28 heavy (non-hydrogen) atoms. The molecular weight excluding hydrogens is 515 g/mol. The highest BCUT2D eigenvalue weighted by atomic mass is 79.9. The third-order valence-corrected chi connectivity index (χ3v) is 4.89. The van der Waals surface area contributed by atoms with Gasteiger partial charge in [0, 0.05) is 9.50 Å². The number of nitrogens with one attached hydrogen (secondary N) is 2. The second-order valence-electron chi connectivity index (χ2n) is 6.09. The first-order valence-corrected chi connectivity index (χ1v) is 10.3. The molecule has 0 aliphatic carbocycles. The lowest BCUT2D eigenvalue weighted by Crippen LogP contribution is -2.45. The largest absolute Gasteiger partial charge is 0.483 e. The summed E-state index contributed by atoms with van der Waals surface area (Å²) in [6, 6.07) is 10.5. The Bertz CT molecular complexity index is 862. The van der Waals surface area contributed by atoms with Crippen molar-refractivity contribution >= 4 is 55.3 Å². The van der Waals surface area contributed by atoms with Crippen LogP contribution in [0.25, 0.3) is 0 Å². The summed E-state index contributed by atoms with van der Waals surface area (Å²) in [4.78, 5) is 23.7. The van der Waals surface area contributed by atoms with E-state index >= 15 is 0 Å². The van der Waals surface area contributed by atoms with Gasteiger partial charge in [-0.3, -0.25) is 20.4 Å². The molecule has 2 aromatic rings. The number of hydrogen-bond donors (Lipinski definition) is 2. The highest BCUT2D eigenvalue weighted by Crippen LogP contribution is 2.29. The van der Waals surface area contributed by atoms with E-state index < -0.39 is 11.8 Å². The highest BCUT2D eigenvalue weighted by Gasteiger charge is 2.12. The first kappa shape index (κ1) is 22.5. The normalized spacial score (nSPS) is 10.5. The lowest BCUT2D eigenvalue weighted by molar-refractivity contribution is -0.131. The number of ether oxygens (including phenoxy) is 2. The maximum atomic E-state index is 11.9. The predicted molar refractivity (Wildman–Crippen MR) is 115 cm³/mol. The van der Waals surface area contributed by atoms with Crippen LogP contribution in [-0.4, -0.2) is 25.0 Å².